The monoisotopic (exact) mass is 253 g/mol. The van der Waals surface area contributed by atoms with Gasteiger partial charge in [0.25, 0.3) is 0 Å². The van der Waals surface area contributed by atoms with Crippen LogP contribution < -0.4 is 5.73 Å². The molecular weight excluding hydrogens is 245 g/mol. The van der Waals surface area contributed by atoms with Gasteiger partial charge in [-0.1, -0.05) is 23.7 Å². The number of nitrogens with two attached hydrogens (primary N) is 1. The molecule has 1 heterocycles. The highest BCUT2D eigenvalue weighted by Crippen LogP contribution is 2.21. The van der Waals surface area contributed by atoms with Gasteiger partial charge in [-0.2, -0.15) is 5.10 Å². The summed E-state index contributed by atoms with van der Waals surface area (Å²) in [6, 6.07) is 4.34. The zero-order chi connectivity index (χ0) is 12.4. The first-order valence-electron chi connectivity index (χ1n) is 4.84. The molecule has 0 aliphatic carbocycles. The molecule has 17 heavy (non-hydrogen) atoms. The fourth-order valence-electron chi connectivity index (χ4n) is 1.47. The van der Waals surface area contributed by atoms with Crippen LogP contribution in [0.5, 0.6) is 0 Å². The van der Waals surface area contributed by atoms with Gasteiger partial charge < -0.3 is 5.73 Å². The van der Waals surface area contributed by atoms with E-state index < -0.39 is 5.82 Å². The molecule has 1 aromatic heterocycles. The zero-order valence-corrected chi connectivity index (χ0v) is 9.46. The molecule has 0 saturated carbocycles. The number of carbonyl (C=O) groups excluding carboxylic acids is 1. The highest BCUT2D eigenvalue weighted by molar-refractivity contribution is 6.31. The molecule has 4 nitrogen and oxygen atoms in total. The second kappa shape index (κ2) is 4.55. The maximum absolute atomic E-state index is 13.2. The quantitative estimate of drug-likeness (QED) is 0.824. The van der Waals surface area contributed by atoms with E-state index in [1.807, 2.05) is 0 Å². The minimum atomic E-state index is -0.544. The number of hydrogen-bond acceptors (Lipinski definition) is 3. The van der Waals surface area contributed by atoms with Crippen LogP contribution in [-0.2, 0) is 6.42 Å². The van der Waals surface area contributed by atoms with Crippen LogP contribution in [-0.4, -0.2) is 16.0 Å². The Balaban J connectivity index is 2.25. The van der Waals surface area contributed by atoms with Crippen molar-refractivity contribution >= 4 is 23.2 Å². The average molecular weight is 254 g/mol. The van der Waals surface area contributed by atoms with E-state index in [9.17, 15) is 9.18 Å². The molecule has 88 valence electrons. The number of benzene rings is 1. The maximum atomic E-state index is 13.2. The molecule has 0 bridgehead atoms. The van der Waals surface area contributed by atoms with E-state index in [2.05, 4.69) is 10.2 Å². The fraction of sp³-hybridized carbons (Fsp3) is 0.0909. The number of H-pyrrole nitrogens is 1. The molecule has 6 heteroatoms. The molecule has 0 radical (unpaired) electrons. The lowest BCUT2D eigenvalue weighted by molar-refractivity contribution is 0.0994. The van der Waals surface area contributed by atoms with Crippen molar-refractivity contribution in [3.63, 3.8) is 0 Å². The summed E-state index contributed by atoms with van der Waals surface area (Å²) in [6.45, 7) is 0. The smallest absolute Gasteiger partial charge is 0.172 e. The molecule has 0 unspecified atom stereocenters. The summed E-state index contributed by atoms with van der Waals surface area (Å²) in [7, 11) is 0. The van der Waals surface area contributed by atoms with E-state index in [4.69, 9.17) is 17.3 Å². The first-order valence-corrected chi connectivity index (χ1v) is 5.22. The standard InChI is InChI=1S/C11H9ClFN3O/c12-10-6(2-1-3-8(10)13)4-9(17)7-5-15-16-11(7)14/h1-3,5H,4H2,(H3,14,15,16). The van der Waals surface area contributed by atoms with Gasteiger partial charge in [-0.3, -0.25) is 9.89 Å². The van der Waals surface area contributed by atoms with Crippen molar-refractivity contribution < 1.29 is 9.18 Å². The van der Waals surface area contributed by atoms with Crippen LogP contribution in [0.4, 0.5) is 10.2 Å². The number of rotatable bonds is 3. The Morgan fingerprint density at radius 3 is 2.94 bits per heavy atom. The van der Waals surface area contributed by atoms with Gasteiger partial charge in [0.2, 0.25) is 0 Å². The van der Waals surface area contributed by atoms with Crippen LogP contribution in [0.15, 0.2) is 24.4 Å². The normalized spacial score (nSPS) is 10.5. The molecule has 0 aliphatic rings. The van der Waals surface area contributed by atoms with Crippen LogP contribution in [0.1, 0.15) is 15.9 Å². The third-order valence-electron chi connectivity index (χ3n) is 2.35. The lowest BCUT2D eigenvalue weighted by Gasteiger charge is -2.03. The Labute approximate surface area is 102 Å². The van der Waals surface area contributed by atoms with Gasteiger partial charge in [0, 0.05) is 6.42 Å². The van der Waals surface area contributed by atoms with Crippen molar-refractivity contribution in [2.75, 3.05) is 5.73 Å². The number of anilines is 1. The summed E-state index contributed by atoms with van der Waals surface area (Å²) in [5.74, 6) is -0.608. The highest BCUT2D eigenvalue weighted by atomic mass is 35.5. The topological polar surface area (TPSA) is 71.8 Å². The van der Waals surface area contributed by atoms with E-state index in [1.54, 1.807) is 6.07 Å². The summed E-state index contributed by atoms with van der Waals surface area (Å²) >= 11 is 5.76. The van der Waals surface area contributed by atoms with Gasteiger partial charge in [-0.15, -0.1) is 0 Å². The minimum Gasteiger partial charge on any atom is -0.383 e. The zero-order valence-electron chi connectivity index (χ0n) is 8.71. The van der Waals surface area contributed by atoms with Crippen LogP contribution in [0.2, 0.25) is 5.02 Å². The number of aromatic amines is 1. The summed E-state index contributed by atoms with van der Waals surface area (Å²) in [5, 5.41) is 6.07. The van der Waals surface area contributed by atoms with Crippen molar-refractivity contribution in [1.82, 2.24) is 10.2 Å². The number of nitrogen functional groups attached to an aromatic ring is 1. The molecular formula is C11H9ClFN3O. The predicted molar refractivity (Wildman–Crippen MR) is 62.4 cm³/mol. The van der Waals surface area contributed by atoms with E-state index in [-0.39, 0.29) is 28.6 Å². The van der Waals surface area contributed by atoms with Crippen molar-refractivity contribution in [2.45, 2.75) is 6.42 Å². The number of aromatic nitrogens is 2. The Morgan fingerprint density at radius 2 is 2.29 bits per heavy atom. The van der Waals surface area contributed by atoms with E-state index in [0.717, 1.165) is 0 Å². The number of carbonyl (C=O) groups is 1. The lowest BCUT2D eigenvalue weighted by atomic mass is 10.0. The summed E-state index contributed by atoms with van der Waals surface area (Å²) < 4.78 is 13.2. The first kappa shape index (κ1) is 11.6. The van der Waals surface area contributed by atoms with Crippen molar-refractivity contribution in [2.24, 2.45) is 0 Å². The largest absolute Gasteiger partial charge is 0.383 e. The Hall–Kier alpha value is -1.88. The molecule has 2 rings (SSSR count). The Kier molecular flexibility index (Phi) is 3.10. The van der Waals surface area contributed by atoms with Gasteiger partial charge in [-0.05, 0) is 11.6 Å². The van der Waals surface area contributed by atoms with E-state index in [0.29, 0.717) is 5.56 Å². The van der Waals surface area contributed by atoms with Crippen molar-refractivity contribution in [3.8, 4) is 0 Å². The highest BCUT2D eigenvalue weighted by Gasteiger charge is 2.15. The molecule has 3 N–H and O–H groups in total. The van der Waals surface area contributed by atoms with Crippen LogP contribution >= 0.6 is 11.6 Å². The number of nitrogens with one attached hydrogen (secondary N) is 1. The molecule has 0 atom stereocenters. The summed E-state index contributed by atoms with van der Waals surface area (Å²) in [6.07, 6.45) is 1.32. The third-order valence-corrected chi connectivity index (χ3v) is 2.78. The second-order valence-corrected chi connectivity index (χ2v) is 3.89. The predicted octanol–water partition coefficient (Wildman–Crippen LogP) is 2.21. The average Bonchev–Trinajstić information content (AvgIpc) is 2.71. The Morgan fingerprint density at radius 1 is 1.53 bits per heavy atom. The molecule has 0 saturated heterocycles. The van der Waals surface area contributed by atoms with Crippen LogP contribution in [0.25, 0.3) is 0 Å². The molecule has 0 spiro atoms. The minimum absolute atomic E-state index is 0.0136. The number of halogens is 2. The number of ketones is 1. The second-order valence-electron chi connectivity index (χ2n) is 3.51. The molecule has 2 aromatic rings. The molecule has 1 aromatic carbocycles. The maximum Gasteiger partial charge on any atom is 0.172 e. The van der Waals surface area contributed by atoms with E-state index in [1.165, 1.54) is 18.3 Å². The van der Waals surface area contributed by atoms with Gasteiger partial charge >= 0.3 is 0 Å². The third kappa shape index (κ3) is 2.29. The SMILES string of the molecule is Nc1[nH]ncc1C(=O)Cc1cccc(F)c1Cl. The van der Waals surface area contributed by atoms with Gasteiger partial charge in [0.1, 0.15) is 11.6 Å². The first-order chi connectivity index (χ1) is 8.09. The molecule has 0 amide bonds. The summed E-state index contributed by atoms with van der Waals surface area (Å²) in [4.78, 5) is 11.8. The number of hydrogen-bond donors (Lipinski definition) is 2. The van der Waals surface area contributed by atoms with Gasteiger partial charge in [-0.25, -0.2) is 4.39 Å². The van der Waals surface area contributed by atoms with Crippen molar-refractivity contribution in [3.05, 3.63) is 46.4 Å². The van der Waals surface area contributed by atoms with Crippen LogP contribution in [0.3, 0.4) is 0 Å². The number of Topliss-reactive ketones (excluding diaryl/α,β-unsaturated/α-hetero) is 1. The van der Waals surface area contributed by atoms with Crippen LogP contribution in [0, 0.1) is 5.82 Å². The fourth-order valence-corrected chi connectivity index (χ4v) is 1.66. The number of nitrogens with zero attached hydrogens (tertiary/aromatic N) is 1. The Bertz CT molecular complexity index is 568. The van der Waals surface area contributed by atoms with Crippen molar-refractivity contribution in [1.29, 1.82) is 0 Å². The van der Waals surface area contributed by atoms with Gasteiger partial charge in [0.05, 0.1) is 16.8 Å². The molecule has 0 aliphatic heterocycles. The molecule has 0 fully saturated rings. The lowest BCUT2D eigenvalue weighted by Crippen LogP contribution is -2.06. The summed E-state index contributed by atoms with van der Waals surface area (Å²) in [5.41, 5.74) is 6.23. The van der Waals surface area contributed by atoms with E-state index >= 15 is 0 Å². The van der Waals surface area contributed by atoms with Gasteiger partial charge in [0.15, 0.2) is 5.78 Å².